The van der Waals surface area contributed by atoms with Crippen LogP contribution in [0.2, 0.25) is 0 Å². The van der Waals surface area contributed by atoms with Crippen LogP contribution in [-0.4, -0.2) is 42.4 Å². The number of fused-ring (bicyclic) bond motifs is 1. The number of carbonyl (C=O) groups excluding carboxylic acids is 1. The number of thioether (sulfide) groups is 1. The predicted molar refractivity (Wildman–Crippen MR) is 83.3 cm³/mol. The van der Waals surface area contributed by atoms with Crippen molar-refractivity contribution < 1.29 is 4.79 Å². The quantitative estimate of drug-likeness (QED) is 0.842. The first-order valence-electron chi connectivity index (χ1n) is 7.29. The molecule has 108 valence electrons. The van der Waals surface area contributed by atoms with Crippen molar-refractivity contribution in [2.45, 2.75) is 24.3 Å². The summed E-state index contributed by atoms with van der Waals surface area (Å²) >= 11 is 1.76. The van der Waals surface area contributed by atoms with E-state index >= 15 is 0 Å². The maximum atomic E-state index is 12.5. The van der Waals surface area contributed by atoms with Crippen molar-refractivity contribution in [1.82, 2.24) is 10.2 Å². The standard InChI is InChI=1S/C15H21N3OS/c1-2-20-14-6-4-3-5-12(14)17-15(19)18-8-7-11-9-16-10-13(11)18/h3-6,11,13,16H,2,7-10H2,1H3,(H,17,19)/t11-,13+/m0/s1. The summed E-state index contributed by atoms with van der Waals surface area (Å²) in [7, 11) is 0. The normalized spacial score (nSPS) is 24.8. The second-order valence-corrected chi connectivity index (χ2v) is 6.63. The molecule has 5 heteroatoms. The number of urea groups is 1. The molecule has 0 spiro atoms. The van der Waals surface area contributed by atoms with Crippen molar-refractivity contribution >= 4 is 23.5 Å². The minimum Gasteiger partial charge on any atom is -0.320 e. The van der Waals surface area contributed by atoms with E-state index < -0.39 is 0 Å². The summed E-state index contributed by atoms with van der Waals surface area (Å²) in [5.74, 6) is 1.65. The smallest absolute Gasteiger partial charge is 0.320 e. The van der Waals surface area contributed by atoms with Gasteiger partial charge in [0.25, 0.3) is 0 Å². The van der Waals surface area contributed by atoms with Crippen LogP contribution in [0, 0.1) is 5.92 Å². The lowest BCUT2D eigenvalue weighted by Crippen LogP contribution is -2.41. The summed E-state index contributed by atoms with van der Waals surface area (Å²) in [4.78, 5) is 15.6. The third-order valence-electron chi connectivity index (χ3n) is 4.13. The lowest BCUT2D eigenvalue weighted by molar-refractivity contribution is 0.206. The first-order valence-corrected chi connectivity index (χ1v) is 8.28. The van der Waals surface area contributed by atoms with Gasteiger partial charge >= 0.3 is 6.03 Å². The lowest BCUT2D eigenvalue weighted by Gasteiger charge is -2.24. The molecule has 0 aromatic heterocycles. The van der Waals surface area contributed by atoms with E-state index in [0.29, 0.717) is 12.0 Å². The molecule has 2 atom stereocenters. The Balaban J connectivity index is 1.70. The van der Waals surface area contributed by atoms with Gasteiger partial charge in [-0.05, 0) is 30.2 Å². The van der Waals surface area contributed by atoms with Gasteiger partial charge in [-0.2, -0.15) is 0 Å². The van der Waals surface area contributed by atoms with Gasteiger partial charge < -0.3 is 15.5 Å². The number of nitrogens with zero attached hydrogens (tertiary/aromatic N) is 1. The summed E-state index contributed by atoms with van der Waals surface area (Å²) in [5.41, 5.74) is 0.929. The lowest BCUT2D eigenvalue weighted by atomic mass is 10.1. The molecule has 2 amide bonds. The van der Waals surface area contributed by atoms with Crippen LogP contribution in [0.5, 0.6) is 0 Å². The highest BCUT2D eigenvalue weighted by Crippen LogP contribution is 2.30. The number of rotatable bonds is 3. The SMILES string of the molecule is CCSc1ccccc1NC(=O)N1CC[C@H]2CNC[C@H]21. The highest BCUT2D eigenvalue weighted by Gasteiger charge is 2.39. The topological polar surface area (TPSA) is 44.4 Å². The van der Waals surface area contributed by atoms with Crippen LogP contribution >= 0.6 is 11.8 Å². The number of para-hydroxylation sites is 1. The van der Waals surface area contributed by atoms with E-state index in [0.717, 1.165) is 42.4 Å². The van der Waals surface area contributed by atoms with E-state index in [1.807, 2.05) is 23.1 Å². The van der Waals surface area contributed by atoms with Crippen LogP contribution in [-0.2, 0) is 0 Å². The molecule has 2 saturated heterocycles. The molecular weight excluding hydrogens is 270 g/mol. The van der Waals surface area contributed by atoms with Gasteiger partial charge in [-0.15, -0.1) is 11.8 Å². The minimum atomic E-state index is 0.0466. The summed E-state index contributed by atoms with van der Waals surface area (Å²) < 4.78 is 0. The number of likely N-dealkylation sites (tertiary alicyclic amines) is 1. The van der Waals surface area contributed by atoms with Gasteiger partial charge in [0.2, 0.25) is 0 Å². The molecule has 4 nitrogen and oxygen atoms in total. The van der Waals surface area contributed by atoms with Gasteiger partial charge in [0.15, 0.2) is 0 Å². The van der Waals surface area contributed by atoms with Crippen LogP contribution in [0.4, 0.5) is 10.5 Å². The third-order valence-corrected chi connectivity index (χ3v) is 5.09. The monoisotopic (exact) mass is 291 g/mol. The molecule has 0 aliphatic carbocycles. The molecule has 2 heterocycles. The molecule has 1 aromatic carbocycles. The number of hydrogen-bond donors (Lipinski definition) is 2. The highest BCUT2D eigenvalue weighted by molar-refractivity contribution is 7.99. The van der Waals surface area contributed by atoms with Crippen molar-refractivity contribution in [3.05, 3.63) is 24.3 Å². The number of benzene rings is 1. The second kappa shape index (κ2) is 6.06. The van der Waals surface area contributed by atoms with Crippen LogP contribution in [0.15, 0.2) is 29.2 Å². The Bertz CT molecular complexity index is 494. The molecule has 2 aliphatic rings. The zero-order chi connectivity index (χ0) is 13.9. The molecule has 2 aliphatic heterocycles. The Labute approximate surface area is 124 Å². The fraction of sp³-hybridized carbons (Fsp3) is 0.533. The molecule has 0 saturated carbocycles. The fourth-order valence-electron chi connectivity index (χ4n) is 3.14. The predicted octanol–water partition coefficient (Wildman–Crippen LogP) is 2.62. The summed E-state index contributed by atoms with van der Waals surface area (Å²) in [6.45, 7) is 4.99. The van der Waals surface area contributed by atoms with Crippen molar-refractivity contribution in [2.24, 2.45) is 5.92 Å². The number of carbonyl (C=O) groups is 1. The zero-order valence-electron chi connectivity index (χ0n) is 11.8. The van der Waals surface area contributed by atoms with Gasteiger partial charge in [0.05, 0.1) is 5.69 Å². The number of hydrogen-bond acceptors (Lipinski definition) is 3. The molecule has 1 aromatic rings. The Morgan fingerprint density at radius 1 is 1.45 bits per heavy atom. The van der Waals surface area contributed by atoms with Crippen molar-refractivity contribution in [1.29, 1.82) is 0 Å². The molecule has 0 radical (unpaired) electrons. The number of amides is 2. The van der Waals surface area contributed by atoms with Crippen LogP contribution in [0.25, 0.3) is 0 Å². The molecule has 2 N–H and O–H groups in total. The fourth-order valence-corrected chi connectivity index (χ4v) is 3.90. The third kappa shape index (κ3) is 2.65. The Morgan fingerprint density at radius 2 is 2.30 bits per heavy atom. The van der Waals surface area contributed by atoms with Gasteiger partial charge in [-0.1, -0.05) is 19.1 Å². The number of nitrogens with one attached hydrogen (secondary N) is 2. The maximum absolute atomic E-state index is 12.5. The molecule has 20 heavy (non-hydrogen) atoms. The Morgan fingerprint density at radius 3 is 3.15 bits per heavy atom. The first-order chi connectivity index (χ1) is 9.79. The second-order valence-electron chi connectivity index (χ2n) is 5.33. The van der Waals surface area contributed by atoms with Crippen molar-refractivity contribution in [3.63, 3.8) is 0 Å². The zero-order valence-corrected chi connectivity index (χ0v) is 12.6. The molecule has 0 bridgehead atoms. The molecule has 3 rings (SSSR count). The van der Waals surface area contributed by atoms with Gasteiger partial charge in [-0.3, -0.25) is 0 Å². The number of anilines is 1. The summed E-state index contributed by atoms with van der Waals surface area (Å²) in [6.07, 6.45) is 1.12. The average Bonchev–Trinajstić information content (AvgIpc) is 3.03. The molecule has 2 fully saturated rings. The Hall–Kier alpha value is -1.20. The van der Waals surface area contributed by atoms with Gasteiger partial charge in [0, 0.05) is 30.6 Å². The van der Waals surface area contributed by atoms with Gasteiger partial charge in [-0.25, -0.2) is 4.79 Å². The van der Waals surface area contributed by atoms with Gasteiger partial charge in [0.1, 0.15) is 0 Å². The van der Waals surface area contributed by atoms with Crippen LogP contribution < -0.4 is 10.6 Å². The molecular formula is C15H21N3OS. The van der Waals surface area contributed by atoms with E-state index in [1.54, 1.807) is 11.8 Å². The van der Waals surface area contributed by atoms with Crippen molar-refractivity contribution in [2.75, 3.05) is 30.7 Å². The average molecular weight is 291 g/mol. The van der Waals surface area contributed by atoms with Crippen LogP contribution in [0.3, 0.4) is 0 Å². The van der Waals surface area contributed by atoms with Crippen molar-refractivity contribution in [3.8, 4) is 0 Å². The highest BCUT2D eigenvalue weighted by atomic mass is 32.2. The first kappa shape index (κ1) is 13.8. The minimum absolute atomic E-state index is 0.0466. The maximum Gasteiger partial charge on any atom is 0.322 e. The molecule has 0 unspecified atom stereocenters. The van der Waals surface area contributed by atoms with E-state index in [-0.39, 0.29) is 6.03 Å². The van der Waals surface area contributed by atoms with E-state index in [4.69, 9.17) is 0 Å². The van der Waals surface area contributed by atoms with E-state index in [9.17, 15) is 4.79 Å². The summed E-state index contributed by atoms with van der Waals surface area (Å²) in [6, 6.07) is 8.45. The van der Waals surface area contributed by atoms with E-state index in [1.165, 1.54) is 0 Å². The van der Waals surface area contributed by atoms with E-state index in [2.05, 4.69) is 23.6 Å². The largest absolute Gasteiger partial charge is 0.322 e. The Kier molecular flexibility index (Phi) is 4.17. The van der Waals surface area contributed by atoms with Crippen LogP contribution in [0.1, 0.15) is 13.3 Å². The summed E-state index contributed by atoms with van der Waals surface area (Å²) in [5, 5.41) is 6.47.